The molecular weight excluding hydrogens is 458 g/mol. The number of carboxylic acid groups (broad SMARTS) is 1. The Morgan fingerprint density at radius 2 is 1.72 bits per heavy atom. The molecule has 36 heavy (non-hydrogen) atoms. The van der Waals surface area contributed by atoms with Crippen LogP contribution in [0.3, 0.4) is 0 Å². The van der Waals surface area contributed by atoms with Gasteiger partial charge in [-0.05, 0) is 42.0 Å². The Labute approximate surface area is 209 Å². The fraction of sp³-hybridized carbons (Fsp3) is 0.296. The van der Waals surface area contributed by atoms with E-state index in [9.17, 15) is 14.7 Å². The molecule has 3 N–H and O–H groups in total. The fourth-order valence-electron chi connectivity index (χ4n) is 4.47. The van der Waals surface area contributed by atoms with Gasteiger partial charge in [-0.3, -0.25) is 9.78 Å². The zero-order chi connectivity index (χ0) is 24.9. The average Bonchev–Trinajstić information content (AvgIpc) is 3.39. The normalized spacial score (nSPS) is 16.4. The maximum Gasteiger partial charge on any atom is 0.339 e. The van der Waals surface area contributed by atoms with E-state index in [4.69, 9.17) is 4.74 Å². The Kier molecular flexibility index (Phi) is 7.11. The van der Waals surface area contributed by atoms with E-state index in [1.54, 1.807) is 12.3 Å². The number of benzene rings is 1. The van der Waals surface area contributed by atoms with Gasteiger partial charge in [0.05, 0.1) is 18.9 Å². The fourth-order valence-corrected chi connectivity index (χ4v) is 4.47. The predicted molar refractivity (Wildman–Crippen MR) is 138 cm³/mol. The third kappa shape index (κ3) is 5.32. The summed E-state index contributed by atoms with van der Waals surface area (Å²) >= 11 is 0. The quantitative estimate of drug-likeness (QED) is 0.490. The van der Waals surface area contributed by atoms with E-state index in [0.29, 0.717) is 37.7 Å². The third-order valence-corrected chi connectivity index (χ3v) is 6.46. The number of anilines is 1. The van der Waals surface area contributed by atoms with Gasteiger partial charge in [-0.2, -0.15) is 0 Å². The summed E-state index contributed by atoms with van der Waals surface area (Å²) in [5.41, 5.74) is 4.23. The molecule has 0 aliphatic carbocycles. The zero-order valence-electron chi connectivity index (χ0n) is 19.9. The standard InChI is InChI=1S/C27H29N5O4/c33-26(32-13-15-36-16-14-32)20-4-1-19(2-5-20)3-6-22-17-21(7-8-29-22)24-18-23(27(34)35)25(30-24)31-11-9-28-10-12-31/h1-8,17-18,28,30H,9-16H2,(H,34,35)/b6-3+. The maximum atomic E-state index is 12.6. The van der Waals surface area contributed by atoms with Crippen molar-refractivity contribution in [2.75, 3.05) is 57.4 Å². The van der Waals surface area contributed by atoms with Gasteiger partial charge in [-0.1, -0.05) is 18.2 Å². The Hall–Kier alpha value is -3.95. The lowest BCUT2D eigenvalue weighted by Crippen LogP contribution is -2.44. The van der Waals surface area contributed by atoms with Crippen molar-refractivity contribution in [2.24, 2.45) is 0 Å². The van der Waals surface area contributed by atoms with Crippen molar-refractivity contribution in [3.05, 3.63) is 71.0 Å². The van der Waals surface area contributed by atoms with E-state index in [1.807, 2.05) is 53.5 Å². The van der Waals surface area contributed by atoms with Crippen molar-refractivity contribution in [3.8, 4) is 11.3 Å². The number of morpholine rings is 1. The van der Waals surface area contributed by atoms with Crippen LogP contribution < -0.4 is 10.2 Å². The first-order valence-electron chi connectivity index (χ1n) is 12.1. The molecule has 0 radical (unpaired) electrons. The van der Waals surface area contributed by atoms with Gasteiger partial charge in [0.2, 0.25) is 0 Å². The second kappa shape index (κ2) is 10.8. The molecule has 0 bridgehead atoms. The monoisotopic (exact) mass is 487 g/mol. The molecular formula is C27H29N5O4. The molecule has 9 nitrogen and oxygen atoms in total. The number of carbonyl (C=O) groups excluding carboxylic acids is 1. The van der Waals surface area contributed by atoms with Crippen molar-refractivity contribution < 1.29 is 19.4 Å². The number of aromatic carboxylic acids is 1. The first-order valence-corrected chi connectivity index (χ1v) is 12.1. The number of pyridine rings is 1. The number of carbonyl (C=O) groups is 2. The summed E-state index contributed by atoms with van der Waals surface area (Å²) in [6, 6.07) is 13.0. The molecule has 1 aromatic carbocycles. The van der Waals surface area contributed by atoms with Crippen LogP contribution in [0.2, 0.25) is 0 Å². The van der Waals surface area contributed by atoms with Crippen LogP contribution in [-0.2, 0) is 4.74 Å². The van der Waals surface area contributed by atoms with Gasteiger partial charge < -0.3 is 29.9 Å². The summed E-state index contributed by atoms with van der Waals surface area (Å²) in [7, 11) is 0. The second-order valence-corrected chi connectivity index (χ2v) is 8.82. The van der Waals surface area contributed by atoms with Crippen LogP contribution in [0.15, 0.2) is 48.7 Å². The van der Waals surface area contributed by atoms with Crippen molar-refractivity contribution in [2.45, 2.75) is 0 Å². The Morgan fingerprint density at radius 1 is 0.972 bits per heavy atom. The molecule has 0 spiro atoms. The van der Waals surface area contributed by atoms with Gasteiger partial charge in [0.15, 0.2) is 0 Å². The van der Waals surface area contributed by atoms with Crippen LogP contribution in [0, 0.1) is 0 Å². The Bertz CT molecular complexity index is 1260. The first-order chi connectivity index (χ1) is 17.6. The van der Waals surface area contributed by atoms with Gasteiger partial charge in [0.25, 0.3) is 5.91 Å². The van der Waals surface area contributed by atoms with Crippen LogP contribution in [0.5, 0.6) is 0 Å². The molecule has 0 unspecified atom stereocenters. The van der Waals surface area contributed by atoms with E-state index in [0.717, 1.165) is 48.7 Å². The SMILES string of the molecule is O=C(O)c1cc(-c2ccnc(/C=C/c3ccc(C(=O)N4CCOCC4)cc3)c2)[nH]c1N1CCNCC1. The highest BCUT2D eigenvalue weighted by Gasteiger charge is 2.22. The minimum atomic E-state index is -0.948. The van der Waals surface area contributed by atoms with E-state index in [-0.39, 0.29) is 11.5 Å². The van der Waals surface area contributed by atoms with E-state index < -0.39 is 5.97 Å². The predicted octanol–water partition coefficient (Wildman–Crippen LogP) is 2.83. The van der Waals surface area contributed by atoms with Crippen molar-refractivity contribution in [1.82, 2.24) is 20.2 Å². The third-order valence-electron chi connectivity index (χ3n) is 6.46. The molecule has 2 aromatic heterocycles. The summed E-state index contributed by atoms with van der Waals surface area (Å²) in [5.74, 6) is -0.287. The molecule has 2 aliphatic heterocycles. The van der Waals surface area contributed by atoms with Crippen molar-refractivity contribution >= 4 is 29.8 Å². The second-order valence-electron chi connectivity index (χ2n) is 8.82. The summed E-state index contributed by atoms with van der Waals surface area (Å²) in [6.07, 6.45) is 5.56. The van der Waals surface area contributed by atoms with E-state index in [2.05, 4.69) is 20.2 Å². The lowest BCUT2D eigenvalue weighted by molar-refractivity contribution is 0.0303. The van der Waals surface area contributed by atoms with Crippen LogP contribution in [0.4, 0.5) is 5.82 Å². The molecule has 0 atom stereocenters. The number of piperazine rings is 1. The number of rotatable bonds is 6. The van der Waals surface area contributed by atoms with Gasteiger partial charge >= 0.3 is 5.97 Å². The molecule has 186 valence electrons. The van der Waals surface area contributed by atoms with Gasteiger partial charge in [-0.15, -0.1) is 0 Å². The Morgan fingerprint density at radius 3 is 2.44 bits per heavy atom. The number of hydrogen-bond donors (Lipinski definition) is 3. The summed E-state index contributed by atoms with van der Waals surface area (Å²) < 4.78 is 5.32. The van der Waals surface area contributed by atoms with Crippen LogP contribution in [0.25, 0.3) is 23.4 Å². The molecule has 3 aromatic rings. The first kappa shape index (κ1) is 23.8. The number of nitrogens with one attached hydrogen (secondary N) is 2. The summed E-state index contributed by atoms with van der Waals surface area (Å²) in [5, 5.41) is 13.0. The van der Waals surface area contributed by atoms with Crippen molar-refractivity contribution in [3.63, 3.8) is 0 Å². The number of hydrogen-bond acceptors (Lipinski definition) is 6. The summed E-state index contributed by atoms with van der Waals surface area (Å²) in [6.45, 7) is 5.54. The van der Waals surface area contributed by atoms with Gasteiger partial charge in [0, 0.05) is 62.3 Å². The van der Waals surface area contributed by atoms with Crippen molar-refractivity contribution in [1.29, 1.82) is 0 Å². The number of nitrogens with zero attached hydrogens (tertiary/aromatic N) is 3. The van der Waals surface area contributed by atoms with E-state index >= 15 is 0 Å². The highest BCUT2D eigenvalue weighted by molar-refractivity contribution is 5.96. The lowest BCUT2D eigenvalue weighted by atomic mass is 10.1. The largest absolute Gasteiger partial charge is 0.478 e. The average molecular weight is 488 g/mol. The minimum absolute atomic E-state index is 0.0232. The molecule has 0 saturated carbocycles. The molecule has 4 heterocycles. The van der Waals surface area contributed by atoms with Crippen LogP contribution in [0.1, 0.15) is 32.0 Å². The van der Waals surface area contributed by atoms with Gasteiger partial charge in [-0.25, -0.2) is 4.79 Å². The number of aromatic nitrogens is 2. The smallest absolute Gasteiger partial charge is 0.339 e. The highest BCUT2D eigenvalue weighted by Crippen LogP contribution is 2.28. The Balaban J connectivity index is 1.31. The van der Waals surface area contributed by atoms with E-state index in [1.165, 1.54) is 0 Å². The van der Waals surface area contributed by atoms with Gasteiger partial charge in [0.1, 0.15) is 11.4 Å². The highest BCUT2D eigenvalue weighted by atomic mass is 16.5. The topological polar surface area (TPSA) is 111 Å². The maximum absolute atomic E-state index is 12.6. The molecule has 2 fully saturated rings. The molecule has 9 heteroatoms. The molecule has 2 aliphatic rings. The molecule has 1 amide bonds. The van der Waals surface area contributed by atoms with Crippen LogP contribution in [-0.4, -0.2) is 84.3 Å². The summed E-state index contributed by atoms with van der Waals surface area (Å²) in [4.78, 5) is 36.1. The molecule has 2 saturated heterocycles. The number of amides is 1. The number of aromatic amines is 1. The number of ether oxygens (including phenoxy) is 1. The number of H-pyrrole nitrogens is 1. The lowest BCUT2D eigenvalue weighted by Gasteiger charge is -2.28. The minimum Gasteiger partial charge on any atom is -0.478 e. The zero-order valence-corrected chi connectivity index (χ0v) is 19.9. The molecule has 5 rings (SSSR count). The van der Waals surface area contributed by atoms with Crippen LogP contribution >= 0.6 is 0 Å². The number of carboxylic acids is 1.